The maximum Gasteiger partial charge on any atom is 0.264 e. The summed E-state index contributed by atoms with van der Waals surface area (Å²) in [6.45, 7) is 0.958. The van der Waals surface area contributed by atoms with Crippen molar-refractivity contribution < 1.29 is 31.0 Å². The van der Waals surface area contributed by atoms with E-state index in [0.717, 1.165) is 0 Å². The predicted molar refractivity (Wildman–Crippen MR) is 191 cm³/mol. The van der Waals surface area contributed by atoms with Crippen LogP contribution in [0.4, 0.5) is 11.6 Å². The average molecular weight is 837 g/mol. The van der Waals surface area contributed by atoms with Crippen molar-refractivity contribution in [2.24, 2.45) is 11.5 Å². The Morgan fingerprint density at radius 1 is 0.755 bits per heavy atom. The Kier molecular flexibility index (Phi) is 15.3. The molecule has 0 aliphatic heterocycles. The summed E-state index contributed by atoms with van der Waals surface area (Å²) in [7, 11) is -5.47. The van der Waals surface area contributed by atoms with E-state index < -0.39 is 20.0 Å². The van der Waals surface area contributed by atoms with E-state index in [0.29, 0.717) is 23.9 Å². The van der Waals surface area contributed by atoms with Gasteiger partial charge in [0.25, 0.3) is 31.8 Å². The van der Waals surface area contributed by atoms with E-state index in [4.69, 9.17) is 83.7 Å². The Morgan fingerprint density at radius 2 is 1.29 bits per heavy atom. The van der Waals surface area contributed by atoms with E-state index in [1.54, 1.807) is 0 Å². The maximum absolute atomic E-state index is 12.6. The lowest BCUT2D eigenvalue weighted by Crippen LogP contribution is -2.16. The molecule has 0 bridgehead atoms. The molecule has 4 aromatic rings. The Labute approximate surface area is 311 Å². The highest BCUT2D eigenvalue weighted by Gasteiger charge is 2.25. The minimum Gasteiger partial charge on any atom is -0.478 e. The molecule has 6 N–H and O–H groups in total. The summed E-state index contributed by atoms with van der Waals surface area (Å²) >= 11 is 31.0. The Balaban J connectivity index is 0.000000266. The van der Waals surface area contributed by atoms with Crippen molar-refractivity contribution in [2.75, 3.05) is 49.1 Å². The van der Waals surface area contributed by atoms with Crippen molar-refractivity contribution in [3.63, 3.8) is 0 Å². The second kappa shape index (κ2) is 18.5. The van der Waals surface area contributed by atoms with Crippen molar-refractivity contribution in [2.45, 2.75) is 14.8 Å². The molecule has 4 rings (SSSR count). The number of halogens is 5. The molecule has 15 nitrogen and oxygen atoms in total. The van der Waals surface area contributed by atoms with E-state index in [1.165, 1.54) is 68.6 Å². The van der Waals surface area contributed by atoms with Crippen LogP contribution >= 0.6 is 69.8 Å². The van der Waals surface area contributed by atoms with Gasteiger partial charge < -0.3 is 25.7 Å². The summed E-state index contributed by atoms with van der Waals surface area (Å²) in [6.07, 6.45) is 1.25. The molecule has 266 valence electrons. The summed E-state index contributed by atoms with van der Waals surface area (Å²) in [5.74, 6) is 0.341. The number of nitrogens with one attached hydrogen (secondary N) is 2. The van der Waals surface area contributed by atoms with Crippen LogP contribution in [0.3, 0.4) is 0 Å². The molecule has 2 heterocycles. The third-order valence-corrected chi connectivity index (χ3v) is 11.5. The van der Waals surface area contributed by atoms with Gasteiger partial charge >= 0.3 is 0 Å². The summed E-state index contributed by atoms with van der Waals surface area (Å²) in [5.41, 5.74) is 10.8. The molecule has 0 atom stereocenters. The van der Waals surface area contributed by atoms with Gasteiger partial charge in [-0.05, 0) is 24.3 Å². The first-order valence-electron chi connectivity index (χ1n) is 13.3. The minimum absolute atomic E-state index is 0.0224. The van der Waals surface area contributed by atoms with Crippen LogP contribution in [0.15, 0.2) is 57.4 Å². The van der Waals surface area contributed by atoms with Gasteiger partial charge in [0.15, 0.2) is 5.15 Å². The largest absolute Gasteiger partial charge is 0.478 e. The molecule has 0 amide bonds. The Bertz CT molecular complexity index is 2000. The van der Waals surface area contributed by atoms with Crippen LogP contribution in [-0.2, 0) is 20.0 Å². The number of hydrogen-bond acceptors (Lipinski definition) is 14. The predicted octanol–water partition coefficient (Wildman–Crippen LogP) is 5.23. The molecule has 0 unspecified atom stereocenters. The molecule has 0 fully saturated rings. The monoisotopic (exact) mass is 834 g/mol. The molecule has 49 heavy (non-hydrogen) atoms. The first-order chi connectivity index (χ1) is 23.2. The molecule has 0 saturated heterocycles. The smallest absolute Gasteiger partial charge is 0.264 e. The van der Waals surface area contributed by atoms with Gasteiger partial charge in [0.05, 0.1) is 40.5 Å². The van der Waals surface area contributed by atoms with Crippen molar-refractivity contribution >= 4 is 101 Å². The molecule has 0 aliphatic carbocycles. The third-order valence-electron chi connectivity index (χ3n) is 5.50. The number of hydrogen-bond donors (Lipinski definition) is 4. The van der Waals surface area contributed by atoms with Crippen LogP contribution < -0.4 is 35.1 Å². The summed E-state index contributed by atoms with van der Waals surface area (Å²) in [4.78, 5) is 15.7. The second-order valence-electron chi connectivity index (χ2n) is 8.83. The van der Waals surface area contributed by atoms with Gasteiger partial charge in [-0.2, -0.15) is 4.98 Å². The van der Waals surface area contributed by atoms with Gasteiger partial charge in [-0.3, -0.25) is 9.44 Å². The highest BCUT2D eigenvalue weighted by molar-refractivity contribution is 7.99. The van der Waals surface area contributed by atoms with Gasteiger partial charge in [0.2, 0.25) is 17.5 Å². The topological polar surface area (TPSA) is 224 Å². The van der Waals surface area contributed by atoms with Crippen LogP contribution in [-0.4, -0.2) is 76.4 Å². The normalized spacial score (nSPS) is 11.3. The first-order valence-corrected chi connectivity index (χ1v) is 19.1. The lowest BCUT2D eigenvalue weighted by Gasteiger charge is -2.13. The number of nitrogens with two attached hydrogens (primary N) is 2. The highest BCUT2D eigenvalue weighted by Crippen LogP contribution is 2.34. The maximum atomic E-state index is 12.6. The van der Waals surface area contributed by atoms with Crippen molar-refractivity contribution in [1.29, 1.82) is 0 Å². The average Bonchev–Trinajstić information content (AvgIpc) is 3.06. The molecule has 0 radical (unpaired) electrons. The van der Waals surface area contributed by atoms with E-state index >= 15 is 0 Å². The Morgan fingerprint density at radius 3 is 1.80 bits per heavy atom. The fourth-order valence-corrected chi connectivity index (χ4v) is 7.84. The first kappa shape index (κ1) is 40.6. The number of sulfonamides is 2. The fourth-order valence-electron chi connectivity index (χ4n) is 3.39. The number of rotatable bonds is 14. The standard InChI is InChI=1S/C13H13Cl3N4O3S2.C13H14Cl2N4O4S/c1-23-12-11(18-10(16)13(19-12)24-6-5-17)20-25(21,22)8-4-2-3-7(14)9(8)15;1-22-13-12(17-7-10(18-13)23-6-5-16)19-24(20,21)9-4-2-3-8(14)11(9)15/h2-4H,5-6,17H2,1H3,(H,18,20);2-4,7H,5-6,16H2,1H3,(H,17,19). The molecule has 23 heteroatoms. The Hall–Kier alpha value is -2.78. The lowest BCUT2D eigenvalue weighted by atomic mass is 10.4. The van der Waals surface area contributed by atoms with Gasteiger partial charge in [0.1, 0.15) is 21.4 Å². The second-order valence-corrected chi connectivity index (χ2v) is 15.1. The SMILES string of the molecule is COc1nc(OCCN)cnc1NS(=O)(=O)c1cccc(Cl)c1Cl.COc1nc(SCCN)c(Cl)nc1NS(=O)(=O)c1cccc(Cl)c1Cl. The van der Waals surface area contributed by atoms with Gasteiger partial charge in [-0.25, -0.2) is 31.8 Å². The van der Waals surface area contributed by atoms with Gasteiger partial charge in [-0.15, -0.1) is 11.8 Å². The van der Waals surface area contributed by atoms with E-state index in [9.17, 15) is 16.8 Å². The van der Waals surface area contributed by atoms with Crippen LogP contribution in [0.25, 0.3) is 0 Å². The molecule has 2 aromatic carbocycles. The minimum atomic E-state index is -4.08. The molecular formula is C26H27Cl5N8O7S3. The van der Waals surface area contributed by atoms with Gasteiger partial charge in [0, 0.05) is 18.8 Å². The van der Waals surface area contributed by atoms with Crippen molar-refractivity contribution in [3.8, 4) is 17.6 Å². The van der Waals surface area contributed by atoms with E-state index in [-0.39, 0.29) is 70.9 Å². The zero-order valence-corrected chi connectivity index (χ0v) is 31.5. The summed E-state index contributed by atoms with van der Waals surface area (Å²) in [6, 6.07) is 8.51. The fraction of sp³-hybridized carbons (Fsp3) is 0.231. The number of methoxy groups -OCH3 is 2. The van der Waals surface area contributed by atoms with E-state index in [2.05, 4.69) is 29.4 Å². The van der Waals surface area contributed by atoms with Crippen LogP contribution in [0.5, 0.6) is 17.6 Å². The number of ether oxygens (including phenoxy) is 3. The summed E-state index contributed by atoms with van der Waals surface area (Å²) in [5, 5.41) is 0.422. The van der Waals surface area contributed by atoms with Crippen molar-refractivity contribution in [1.82, 2.24) is 19.9 Å². The number of benzene rings is 2. The number of anilines is 2. The van der Waals surface area contributed by atoms with Crippen LogP contribution in [0.2, 0.25) is 25.2 Å². The highest BCUT2D eigenvalue weighted by atomic mass is 35.5. The van der Waals surface area contributed by atoms with Crippen LogP contribution in [0, 0.1) is 0 Å². The number of thioether (sulfide) groups is 1. The lowest BCUT2D eigenvalue weighted by molar-refractivity contribution is 0.305. The van der Waals surface area contributed by atoms with Gasteiger partial charge in [-0.1, -0.05) is 70.1 Å². The zero-order valence-electron chi connectivity index (χ0n) is 25.3. The summed E-state index contributed by atoms with van der Waals surface area (Å²) < 4.78 is 69.9. The molecule has 0 saturated carbocycles. The van der Waals surface area contributed by atoms with Crippen LogP contribution in [0.1, 0.15) is 0 Å². The zero-order chi connectivity index (χ0) is 36.4. The molecular weight excluding hydrogens is 810 g/mol. The quantitative estimate of drug-likeness (QED) is 0.120. The van der Waals surface area contributed by atoms with E-state index in [1.807, 2.05) is 0 Å². The third kappa shape index (κ3) is 10.9. The molecule has 0 spiro atoms. The molecule has 2 aromatic heterocycles. The molecule has 0 aliphatic rings. The number of aromatic nitrogens is 4. The van der Waals surface area contributed by atoms with Crippen molar-refractivity contribution in [3.05, 3.63) is 67.8 Å². The number of nitrogens with zero attached hydrogens (tertiary/aromatic N) is 4.